The maximum Gasteiger partial charge on any atom is 0.411 e. The van der Waals surface area contributed by atoms with Crippen molar-refractivity contribution in [2.45, 2.75) is 19.1 Å². The van der Waals surface area contributed by atoms with Gasteiger partial charge in [0.1, 0.15) is 0 Å². The van der Waals surface area contributed by atoms with E-state index in [1.807, 2.05) is 0 Å². The lowest BCUT2D eigenvalue weighted by molar-refractivity contribution is -0.142. The molecule has 1 unspecified atom stereocenters. The molecule has 26 heavy (non-hydrogen) atoms. The molecule has 1 atom stereocenters. The number of benzene rings is 1. The summed E-state index contributed by atoms with van der Waals surface area (Å²) in [5, 5.41) is 0. The predicted octanol–water partition coefficient (Wildman–Crippen LogP) is 4.38. The van der Waals surface area contributed by atoms with Crippen LogP contribution in [0.2, 0.25) is 0 Å². The van der Waals surface area contributed by atoms with E-state index in [0.29, 0.717) is 16.8 Å². The van der Waals surface area contributed by atoms with Gasteiger partial charge in [-0.2, -0.15) is 13.2 Å². The summed E-state index contributed by atoms with van der Waals surface area (Å²) in [6.45, 7) is 1.26. The van der Waals surface area contributed by atoms with Crippen molar-refractivity contribution in [3.05, 3.63) is 47.7 Å². The lowest BCUT2D eigenvalue weighted by Gasteiger charge is -2.25. The summed E-state index contributed by atoms with van der Waals surface area (Å²) in [7, 11) is 0. The molecule has 3 heterocycles. The number of halogens is 3. The lowest BCUT2D eigenvalue weighted by atomic mass is 10.2. The van der Waals surface area contributed by atoms with Crippen molar-refractivity contribution in [3.8, 4) is 0 Å². The zero-order valence-electron chi connectivity index (χ0n) is 13.6. The van der Waals surface area contributed by atoms with Gasteiger partial charge >= 0.3 is 12.2 Å². The van der Waals surface area contributed by atoms with E-state index in [1.165, 1.54) is 29.8 Å². The number of alkyl halides is 3. The number of pyridine rings is 1. The minimum Gasteiger partial charge on any atom is -0.290 e. The zero-order valence-corrected chi connectivity index (χ0v) is 14.4. The molecule has 0 saturated carbocycles. The Balaban J connectivity index is 1.80. The molecule has 0 N–H and O–H groups in total. The van der Waals surface area contributed by atoms with E-state index < -0.39 is 24.8 Å². The van der Waals surface area contributed by atoms with Crippen molar-refractivity contribution < 1.29 is 18.0 Å². The van der Waals surface area contributed by atoms with E-state index in [9.17, 15) is 18.0 Å². The molecule has 3 aromatic rings. The van der Waals surface area contributed by atoms with Crippen molar-refractivity contribution in [1.82, 2.24) is 9.97 Å². The molecule has 0 spiro atoms. The van der Waals surface area contributed by atoms with Gasteiger partial charge in [-0.3, -0.25) is 14.8 Å². The number of hydrogen-bond acceptors (Lipinski definition) is 4. The van der Waals surface area contributed by atoms with Crippen LogP contribution < -0.4 is 9.80 Å². The molecular formula is C17H13F3N4OS. The van der Waals surface area contributed by atoms with Crippen LogP contribution in [0, 0.1) is 6.92 Å². The van der Waals surface area contributed by atoms with Gasteiger partial charge in [-0.1, -0.05) is 0 Å². The summed E-state index contributed by atoms with van der Waals surface area (Å²) in [6.07, 6.45) is -1.60. The maximum absolute atomic E-state index is 13.7. The minimum atomic E-state index is -4.55. The van der Waals surface area contributed by atoms with Gasteiger partial charge in [-0.25, -0.2) is 9.78 Å². The molecule has 0 aliphatic carbocycles. The number of aryl methyl sites for hydroxylation is 1. The Morgan fingerprint density at radius 3 is 2.81 bits per heavy atom. The molecule has 4 rings (SSSR count). The van der Waals surface area contributed by atoms with Crippen molar-refractivity contribution in [1.29, 1.82) is 0 Å². The molecular weight excluding hydrogens is 365 g/mol. The van der Waals surface area contributed by atoms with E-state index in [4.69, 9.17) is 0 Å². The third-order valence-electron chi connectivity index (χ3n) is 4.38. The van der Waals surface area contributed by atoms with Gasteiger partial charge in [-0.05, 0) is 36.8 Å². The number of hydrogen-bond donors (Lipinski definition) is 0. The number of anilines is 2. The smallest absolute Gasteiger partial charge is 0.290 e. The summed E-state index contributed by atoms with van der Waals surface area (Å²) < 4.78 is 41.7. The number of fused-ring (bicyclic) bond motifs is 1. The Bertz CT molecular complexity index is 987. The van der Waals surface area contributed by atoms with E-state index >= 15 is 0 Å². The average molecular weight is 378 g/mol. The van der Waals surface area contributed by atoms with Crippen LogP contribution in [0.25, 0.3) is 10.2 Å². The highest BCUT2D eigenvalue weighted by atomic mass is 32.1. The van der Waals surface area contributed by atoms with E-state index in [0.717, 1.165) is 14.5 Å². The van der Waals surface area contributed by atoms with Crippen molar-refractivity contribution in [2.24, 2.45) is 0 Å². The summed E-state index contributed by atoms with van der Waals surface area (Å²) in [5.74, 6) is 0. The van der Waals surface area contributed by atoms with Gasteiger partial charge in [0.15, 0.2) is 6.04 Å². The summed E-state index contributed by atoms with van der Waals surface area (Å²) >= 11 is 1.32. The Morgan fingerprint density at radius 1 is 1.27 bits per heavy atom. The molecule has 1 fully saturated rings. The van der Waals surface area contributed by atoms with Gasteiger partial charge in [0.05, 0.1) is 34.2 Å². The van der Waals surface area contributed by atoms with Crippen LogP contribution in [-0.4, -0.2) is 34.8 Å². The van der Waals surface area contributed by atoms with Crippen LogP contribution in [0.3, 0.4) is 0 Å². The molecule has 1 aliphatic rings. The van der Waals surface area contributed by atoms with Crippen molar-refractivity contribution in [2.75, 3.05) is 16.3 Å². The first-order valence-electron chi connectivity index (χ1n) is 7.77. The second-order valence-corrected chi connectivity index (χ2v) is 6.87. The summed E-state index contributed by atoms with van der Waals surface area (Å²) in [5.41, 5.74) is 3.58. The second-order valence-electron chi connectivity index (χ2n) is 5.99. The first-order chi connectivity index (χ1) is 12.4. The first kappa shape index (κ1) is 16.8. The number of carbonyl (C=O) groups is 1. The highest BCUT2D eigenvalue weighted by Gasteiger charge is 2.53. The molecule has 0 radical (unpaired) electrons. The number of nitrogens with zero attached hydrogens (tertiary/aromatic N) is 4. The van der Waals surface area contributed by atoms with Gasteiger partial charge in [-0.15, -0.1) is 11.3 Å². The minimum absolute atomic E-state index is 0.207. The fraction of sp³-hybridized carbons (Fsp3) is 0.235. The van der Waals surface area contributed by atoms with E-state index in [-0.39, 0.29) is 5.69 Å². The second kappa shape index (κ2) is 5.94. The molecule has 1 aliphatic heterocycles. The quantitative estimate of drug-likeness (QED) is 0.665. The largest absolute Gasteiger partial charge is 0.411 e. The van der Waals surface area contributed by atoms with Gasteiger partial charge in [0.25, 0.3) is 0 Å². The standard InChI is InChI=1S/C17H13F3N4OS/c1-10-4-5-21-7-13(10)23-8-15(17(18,19)20)24(16(23)25)11-2-3-12-14(6-11)26-9-22-12/h2-7,9,15H,8H2,1H3. The van der Waals surface area contributed by atoms with Gasteiger partial charge in [0, 0.05) is 11.9 Å². The van der Waals surface area contributed by atoms with Crippen molar-refractivity contribution in [3.63, 3.8) is 0 Å². The van der Waals surface area contributed by atoms with Gasteiger partial charge in [0.2, 0.25) is 0 Å². The Kier molecular flexibility index (Phi) is 3.83. The average Bonchev–Trinajstić information content (AvgIpc) is 3.18. The zero-order chi connectivity index (χ0) is 18.5. The molecule has 1 saturated heterocycles. The van der Waals surface area contributed by atoms with Crippen LogP contribution in [0.5, 0.6) is 0 Å². The van der Waals surface area contributed by atoms with Crippen molar-refractivity contribution >= 4 is 39.0 Å². The molecule has 5 nitrogen and oxygen atoms in total. The molecule has 2 aromatic heterocycles. The maximum atomic E-state index is 13.7. The van der Waals surface area contributed by atoms with Crippen LogP contribution in [0.4, 0.5) is 29.3 Å². The third-order valence-corrected chi connectivity index (χ3v) is 5.17. The van der Waals surface area contributed by atoms with Crippen LogP contribution in [0.1, 0.15) is 5.56 Å². The molecule has 1 aromatic carbocycles. The van der Waals surface area contributed by atoms with E-state index in [2.05, 4.69) is 9.97 Å². The van der Waals surface area contributed by atoms with E-state index in [1.54, 1.807) is 30.6 Å². The van der Waals surface area contributed by atoms with Gasteiger partial charge < -0.3 is 0 Å². The SMILES string of the molecule is Cc1ccncc1N1CC(C(F)(F)F)N(c2ccc3ncsc3c2)C1=O. The molecule has 2 amide bonds. The Morgan fingerprint density at radius 2 is 2.08 bits per heavy atom. The Labute approximate surface area is 150 Å². The molecule has 0 bridgehead atoms. The number of aromatic nitrogens is 2. The third kappa shape index (κ3) is 2.68. The lowest BCUT2D eigenvalue weighted by Crippen LogP contribution is -2.44. The summed E-state index contributed by atoms with van der Waals surface area (Å²) in [4.78, 5) is 22.9. The number of carbonyl (C=O) groups excluding carboxylic acids is 1. The fourth-order valence-corrected chi connectivity index (χ4v) is 3.78. The fourth-order valence-electron chi connectivity index (χ4n) is 3.07. The number of urea groups is 1. The van der Waals surface area contributed by atoms with Crippen LogP contribution in [-0.2, 0) is 0 Å². The molecule has 134 valence electrons. The number of rotatable bonds is 2. The number of thiazole rings is 1. The highest BCUT2D eigenvalue weighted by Crippen LogP contribution is 2.38. The van der Waals surface area contributed by atoms with Crippen LogP contribution in [0.15, 0.2) is 42.2 Å². The monoisotopic (exact) mass is 378 g/mol. The summed E-state index contributed by atoms with van der Waals surface area (Å²) in [6, 6.07) is 3.71. The van der Waals surface area contributed by atoms with Crippen LogP contribution >= 0.6 is 11.3 Å². The predicted molar refractivity (Wildman–Crippen MR) is 93.7 cm³/mol. The normalized spacial score (nSPS) is 18.2. The number of amides is 2. The highest BCUT2D eigenvalue weighted by molar-refractivity contribution is 7.16. The molecule has 9 heteroatoms. The first-order valence-corrected chi connectivity index (χ1v) is 8.65. The Hall–Kier alpha value is -2.68. The topological polar surface area (TPSA) is 49.3 Å².